The van der Waals surface area contributed by atoms with Crippen molar-refractivity contribution in [3.63, 3.8) is 0 Å². The van der Waals surface area contributed by atoms with Gasteiger partial charge in [-0.1, -0.05) is 23.5 Å². The van der Waals surface area contributed by atoms with Crippen LogP contribution in [0.15, 0.2) is 65.0 Å². The van der Waals surface area contributed by atoms with Gasteiger partial charge in [-0.2, -0.15) is 0 Å². The first-order valence-electron chi connectivity index (χ1n) is 6.88. The molecular formula is C17H14N2O2S2. The van der Waals surface area contributed by atoms with Crippen molar-refractivity contribution >= 4 is 34.7 Å². The Labute approximate surface area is 142 Å². The minimum Gasteiger partial charge on any atom is -0.431 e. The van der Waals surface area contributed by atoms with E-state index in [1.165, 1.54) is 11.3 Å². The molecule has 0 radical (unpaired) electrons. The second kappa shape index (κ2) is 7.30. The molecule has 0 fully saturated rings. The van der Waals surface area contributed by atoms with Crippen LogP contribution in [0.3, 0.4) is 0 Å². The summed E-state index contributed by atoms with van der Waals surface area (Å²) in [5.74, 6) is 0.508. The van der Waals surface area contributed by atoms with Gasteiger partial charge < -0.3 is 10.1 Å². The van der Waals surface area contributed by atoms with E-state index in [2.05, 4.69) is 10.3 Å². The van der Waals surface area contributed by atoms with E-state index in [1.807, 2.05) is 35.9 Å². The SMILES string of the molecule is CSc1ccccc1NC(=O)c1ccc(Oc2nccs2)cc1. The summed E-state index contributed by atoms with van der Waals surface area (Å²) in [6.07, 6.45) is 3.67. The molecule has 0 spiro atoms. The third-order valence-electron chi connectivity index (χ3n) is 3.09. The summed E-state index contributed by atoms with van der Waals surface area (Å²) in [6, 6.07) is 14.7. The number of carbonyl (C=O) groups is 1. The number of hydrogen-bond donors (Lipinski definition) is 1. The fourth-order valence-corrected chi connectivity index (χ4v) is 3.04. The number of rotatable bonds is 5. The maximum Gasteiger partial charge on any atom is 0.278 e. The summed E-state index contributed by atoms with van der Waals surface area (Å²) in [4.78, 5) is 17.4. The molecule has 0 atom stereocenters. The van der Waals surface area contributed by atoms with E-state index in [0.717, 1.165) is 10.6 Å². The van der Waals surface area contributed by atoms with Gasteiger partial charge in [0.05, 0.1) is 5.69 Å². The first-order valence-corrected chi connectivity index (χ1v) is 8.98. The molecule has 0 aliphatic rings. The Morgan fingerprint density at radius 2 is 1.96 bits per heavy atom. The molecule has 1 N–H and O–H groups in total. The van der Waals surface area contributed by atoms with Crippen LogP contribution in [0.1, 0.15) is 10.4 Å². The number of thiazole rings is 1. The van der Waals surface area contributed by atoms with Crippen molar-refractivity contribution in [2.45, 2.75) is 4.90 Å². The van der Waals surface area contributed by atoms with Crippen molar-refractivity contribution in [1.82, 2.24) is 4.98 Å². The van der Waals surface area contributed by atoms with Crippen LogP contribution in [-0.4, -0.2) is 17.1 Å². The van der Waals surface area contributed by atoms with Crippen LogP contribution in [0.2, 0.25) is 0 Å². The van der Waals surface area contributed by atoms with Gasteiger partial charge in [0.25, 0.3) is 11.1 Å². The van der Waals surface area contributed by atoms with Gasteiger partial charge in [0, 0.05) is 22.0 Å². The highest BCUT2D eigenvalue weighted by molar-refractivity contribution is 7.98. The number of thioether (sulfide) groups is 1. The average molecular weight is 342 g/mol. The Hall–Kier alpha value is -2.31. The van der Waals surface area contributed by atoms with Crippen molar-refractivity contribution in [3.05, 3.63) is 65.7 Å². The molecule has 3 aromatic rings. The molecule has 1 aromatic heterocycles. The molecule has 0 saturated heterocycles. The fraction of sp³-hybridized carbons (Fsp3) is 0.0588. The third kappa shape index (κ3) is 3.91. The molecular weight excluding hydrogens is 328 g/mol. The van der Waals surface area contributed by atoms with Crippen molar-refractivity contribution in [1.29, 1.82) is 0 Å². The third-order valence-corrected chi connectivity index (χ3v) is 4.53. The highest BCUT2D eigenvalue weighted by Gasteiger charge is 2.09. The fourth-order valence-electron chi connectivity index (χ4n) is 1.98. The summed E-state index contributed by atoms with van der Waals surface area (Å²) in [5, 5.41) is 5.36. The number of nitrogens with zero attached hydrogens (tertiary/aromatic N) is 1. The molecule has 1 heterocycles. The molecule has 0 saturated carbocycles. The Bertz CT molecular complexity index is 787. The van der Waals surface area contributed by atoms with Crippen molar-refractivity contribution in [3.8, 4) is 10.9 Å². The van der Waals surface area contributed by atoms with E-state index < -0.39 is 0 Å². The van der Waals surface area contributed by atoms with Crippen LogP contribution in [0, 0.1) is 0 Å². The van der Waals surface area contributed by atoms with E-state index in [-0.39, 0.29) is 5.91 Å². The van der Waals surface area contributed by atoms with Crippen LogP contribution in [-0.2, 0) is 0 Å². The lowest BCUT2D eigenvalue weighted by molar-refractivity contribution is 0.102. The van der Waals surface area contributed by atoms with Crippen molar-refractivity contribution in [2.24, 2.45) is 0 Å². The van der Waals surface area contributed by atoms with Gasteiger partial charge in [-0.15, -0.1) is 11.8 Å². The standard InChI is InChI=1S/C17H14N2O2S2/c1-22-15-5-3-2-4-14(15)19-16(20)12-6-8-13(9-7-12)21-17-18-10-11-23-17/h2-11H,1H3,(H,19,20). The van der Waals surface area contributed by atoms with Crippen LogP contribution in [0.25, 0.3) is 0 Å². The number of amides is 1. The zero-order chi connectivity index (χ0) is 16.1. The highest BCUT2D eigenvalue weighted by Crippen LogP contribution is 2.26. The molecule has 0 bridgehead atoms. The van der Waals surface area contributed by atoms with Gasteiger partial charge in [-0.05, 0) is 42.7 Å². The molecule has 4 nitrogen and oxygen atoms in total. The van der Waals surface area contributed by atoms with E-state index in [1.54, 1.807) is 42.2 Å². The number of para-hydroxylation sites is 1. The lowest BCUT2D eigenvalue weighted by Gasteiger charge is -2.09. The molecule has 0 aliphatic carbocycles. The van der Waals surface area contributed by atoms with Crippen LogP contribution in [0.4, 0.5) is 5.69 Å². The summed E-state index contributed by atoms with van der Waals surface area (Å²) >= 11 is 3.02. The topological polar surface area (TPSA) is 51.2 Å². The van der Waals surface area contributed by atoms with Gasteiger partial charge in [0.15, 0.2) is 0 Å². The second-order valence-electron chi connectivity index (χ2n) is 4.58. The Balaban J connectivity index is 1.70. The number of anilines is 1. The Morgan fingerprint density at radius 3 is 2.65 bits per heavy atom. The number of hydrogen-bond acceptors (Lipinski definition) is 5. The molecule has 1 amide bonds. The minimum atomic E-state index is -0.146. The second-order valence-corrected chi connectivity index (χ2v) is 6.28. The van der Waals surface area contributed by atoms with E-state index in [0.29, 0.717) is 16.5 Å². The van der Waals surface area contributed by atoms with Crippen molar-refractivity contribution in [2.75, 3.05) is 11.6 Å². The zero-order valence-corrected chi connectivity index (χ0v) is 14.0. The lowest BCUT2D eigenvalue weighted by Crippen LogP contribution is -2.12. The molecule has 0 unspecified atom stereocenters. The summed E-state index contributed by atoms with van der Waals surface area (Å²) in [6.45, 7) is 0. The Morgan fingerprint density at radius 1 is 1.17 bits per heavy atom. The van der Waals surface area contributed by atoms with Crippen LogP contribution < -0.4 is 10.1 Å². The Kier molecular flexibility index (Phi) is 4.95. The van der Waals surface area contributed by atoms with Gasteiger partial charge >= 0.3 is 0 Å². The van der Waals surface area contributed by atoms with Gasteiger partial charge in [0.2, 0.25) is 0 Å². The molecule has 116 valence electrons. The number of ether oxygens (including phenoxy) is 1. The van der Waals surface area contributed by atoms with Crippen LogP contribution in [0.5, 0.6) is 10.9 Å². The average Bonchev–Trinajstić information content (AvgIpc) is 3.09. The van der Waals surface area contributed by atoms with E-state index in [4.69, 9.17) is 4.74 Å². The molecule has 6 heteroatoms. The number of carbonyl (C=O) groups excluding carboxylic acids is 1. The molecule has 23 heavy (non-hydrogen) atoms. The number of aromatic nitrogens is 1. The highest BCUT2D eigenvalue weighted by atomic mass is 32.2. The number of benzene rings is 2. The summed E-state index contributed by atoms with van der Waals surface area (Å²) < 4.78 is 5.58. The minimum absolute atomic E-state index is 0.146. The van der Waals surface area contributed by atoms with Crippen molar-refractivity contribution < 1.29 is 9.53 Å². The smallest absolute Gasteiger partial charge is 0.278 e. The lowest BCUT2D eigenvalue weighted by atomic mass is 10.2. The zero-order valence-electron chi connectivity index (χ0n) is 12.4. The van der Waals surface area contributed by atoms with Gasteiger partial charge in [-0.3, -0.25) is 4.79 Å². The predicted octanol–water partition coefficient (Wildman–Crippen LogP) is 4.91. The van der Waals surface area contributed by atoms with Crippen LogP contribution >= 0.6 is 23.1 Å². The van der Waals surface area contributed by atoms with Gasteiger partial charge in [-0.25, -0.2) is 4.98 Å². The first-order chi connectivity index (χ1) is 11.3. The first kappa shape index (κ1) is 15.6. The molecule has 3 rings (SSSR count). The van der Waals surface area contributed by atoms with E-state index in [9.17, 15) is 4.79 Å². The largest absolute Gasteiger partial charge is 0.431 e. The molecule has 2 aromatic carbocycles. The predicted molar refractivity (Wildman–Crippen MR) is 94.8 cm³/mol. The summed E-state index contributed by atoms with van der Waals surface area (Å²) in [5.41, 5.74) is 1.39. The maximum atomic E-state index is 12.3. The quantitative estimate of drug-likeness (QED) is 0.669. The maximum absolute atomic E-state index is 12.3. The molecule has 0 aliphatic heterocycles. The van der Waals surface area contributed by atoms with Gasteiger partial charge in [0.1, 0.15) is 5.75 Å². The monoisotopic (exact) mass is 342 g/mol. The normalized spacial score (nSPS) is 10.3. The summed E-state index contributed by atoms with van der Waals surface area (Å²) in [7, 11) is 0. The van der Waals surface area contributed by atoms with E-state index >= 15 is 0 Å². The number of nitrogens with one attached hydrogen (secondary N) is 1.